The van der Waals surface area contributed by atoms with Crippen LogP contribution in [0.15, 0.2) is 18.2 Å². The topological polar surface area (TPSA) is 26.0 Å². The molecule has 0 bridgehead atoms. The average Bonchev–Trinajstić information content (AvgIpc) is 2.01. The van der Waals surface area contributed by atoms with E-state index < -0.39 is 11.7 Å². The summed E-state index contributed by atoms with van der Waals surface area (Å²) in [4.78, 5) is 0. The second-order valence-electron chi connectivity index (χ2n) is 2.85. The molecule has 0 saturated carbocycles. The Balaban J connectivity index is 0.00000169. The lowest BCUT2D eigenvalue weighted by Crippen LogP contribution is -2.08. The second-order valence-corrected chi connectivity index (χ2v) is 2.85. The van der Waals surface area contributed by atoms with Crippen LogP contribution < -0.4 is 5.73 Å². The smallest absolute Gasteiger partial charge is 0.326 e. The van der Waals surface area contributed by atoms with E-state index in [-0.39, 0.29) is 24.5 Å². The van der Waals surface area contributed by atoms with E-state index in [0.29, 0.717) is 5.56 Å². The second kappa shape index (κ2) is 4.66. The quantitative estimate of drug-likeness (QED) is 0.782. The van der Waals surface area contributed by atoms with Gasteiger partial charge >= 0.3 is 6.18 Å². The van der Waals surface area contributed by atoms with E-state index in [1.54, 1.807) is 0 Å². The van der Waals surface area contributed by atoms with E-state index in [9.17, 15) is 13.2 Å². The minimum atomic E-state index is -4.27. The van der Waals surface area contributed by atoms with Gasteiger partial charge in [-0.1, -0.05) is 12.1 Å². The van der Waals surface area contributed by atoms with Gasteiger partial charge in [-0.05, 0) is 24.1 Å². The van der Waals surface area contributed by atoms with Gasteiger partial charge in [0, 0.05) is 6.54 Å². The van der Waals surface area contributed by atoms with Crippen LogP contribution in [0.5, 0.6) is 0 Å². The van der Waals surface area contributed by atoms with Crippen LogP contribution in [0.4, 0.5) is 13.2 Å². The number of hydrogen-bond acceptors (Lipinski definition) is 1. The maximum atomic E-state index is 12.3. The van der Waals surface area contributed by atoms with Crippen LogP contribution in [0.1, 0.15) is 16.7 Å². The SMILES string of the molecule is Cc1cc(CN)ccc1C(F)(F)F.Cl. The third-order valence-corrected chi connectivity index (χ3v) is 1.83. The van der Waals surface area contributed by atoms with Gasteiger partial charge in [0.15, 0.2) is 0 Å². The highest BCUT2D eigenvalue weighted by Gasteiger charge is 2.31. The summed E-state index contributed by atoms with van der Waals surface area (Å²) in [7, 11) is 0. The van der Waals surface area contributed by atoms with Gasteiger partial charge in [0.1, 0.15) is 0 Å². The van der Waals surface area contributed by atoms with Crippen molar-refractivity contribution >= 4 is 12.4 Å². The summed E-state index contributed by atoms with van der Waals surface area (Å²) in [6.07, 6.45) is -4.27. The summed E-state index contributed by atoms with van der Waals surface area (Å²) in [6, 6.07) is 3.93. The summed E-state index contributed by atoms with van der Waals surface area (Å²) in [6.45, 7) is 1.70. The monoisotopic (exact) mass is 225 g/mol. The Morgan fingerprint density at radius 3 is 2.21 bits per heavy atom. The van der Waals surface area contributed by atoms with Crippen molar-refractivity contribution < 1.29 is 13.2 Å². The van der Waals surface area contributed by atoms with E-state index in [1.807, 2.05) is 0 Å². The summed E-state index contributed by atoms with van der Waals surface area (Å²) in [5.74, 6) is 0. The van der Waals surface area contributed by atoms with Crippen molar-refractivity contribution in [2.75, 3.05) is 0 Å². The molecule has 1 aromatic carbocycles. The van der Waals surface area contributed by atoms with E-state index in [2.05, 4.69) is 0 Å². The molecule has 1 aromatic rings. The van der Waals surface area contributed by atoms with Crippen LogP contribution in [-0.4, -0.2) is 0 Å². The number of aryl methyl sites for hydroxylation is 1. The summed E-state index contributed by atoms with van der Waals surface area (Å²) in [5, 5.41) is 0. The molecule has 0 heterocycles. The van der Waals surface area contributed by atoms with E-state index >= 15 is 0 Å². The highest BCUT2D eigenvalue weighted by Crippen LogP contribution is 2.31. The number of benzene rings is 1. The minimum Gasteiger partial charge on any atom is -0.326 e. The molecule has 0 unspecified atom stereocenters. The molecule has 0 radical (unpaired) electrons. The first-order valence-corrected chi connectivity index (χ1v) is 3.82. The lowest BCUT2D eigenvalue weighted by atomic mass is 10.1. The molecule has 0 amide bonds. The fourth-order valence-electron chi connectivity index (χ4n) is 1.17. The van der Waals surface area contributed by atoms with Crippen molar-refractivity contribution in [3.63, 3.8) is 0 Å². The predicted octanol–water partition coefficient (Wildman–Crippen LogP) is 2.89. The number of rotatable bonds is 1. The molecule has 1 rings (SSSR count). The van der Waals surface area contributed by atoms with E-state index in [4.69, 9.17) is 5.73 Å². The molecule has 2 N–H and O–H groups in total. The number of hydrogen-bond donors (Lipinski definition) is 1. The van der Waals surface area contributed by atoms with Crippen molar-refractivity contribution in [2.45, 2.75) is 19.6 Å². The Kier molecular flexibility index (Phi) is 4.42. The maximum absolute atomic E-state index is 12.3. The van der Waals surface area contributed by atoms with Crippen LogP contribution in [0.3, 0.4) is 0 Å². The molecule has 1 nitrogen and oxygen atoms in total. The summed E-state index contributed by atoms with van der Waals surface area (Å²) >= 11 is 0. The largest absolute Gasteiger partial charge is 0.416 e. The van der Waals surface area contributed by atoms with Gasteiger partial charge in [0.2, 0.25) is 0 Å². The molecular formula is C9H11ClF3N. The zero-order chi connectivity index (χ0) is 10.1. The summed E-state index contributed by atoms with van der Waals surface area (Å²) in [5.41, 5.74) is 5.64. The molecule has 0 aliphatic carbocycles. The Bertz CT molecular complexity index is 309. The van der Waals surface area contributed by atoms with E-state index in [0.717, 1.165) is 6.07 Å². The van der Waals surface area contributed by atoms with Crippen LogP contribution >= 0.6 is 12.4 Å². The highest BCUT2D eigenvalue weighted by atomic mass is 35.5. The van der Waals surface area contributed by atoms with Crippen LogP contribution in [0, 0.1) is 6.92 Å². The van der Waals surface area contributed by atoms with Crippen LogP contribution in [0.2, 0.25) is 0 Å². The molecule has 0 atom stereocenters. The van der Waals surface area contributed by atoms with E-state index in [1.165, 1.54) is 19.1 Å². The molecule has 0 fully saturated rings. The van der Waals surface area contributed by atoms with Gasteiger partial charge < -0.3 is 5.73 Å². The van der Waals surface area contributed by atoms with Crippen LogP contribution in [0.25, 0.3) is 0 Å². The van der Waals surface area contributed by atoms with Crippen molar-refractivity contribution in [3.05, 3.63) is 34.9 Å². The van der Waals surface area contributed by atoms with Crippen molar-refractivity contribution in [1.29, 1.82) is 0 Å². The van der Waals surface area contributed by atoms with Gasteiger partial charge in [-0.25, -0.2) is 0 Å². The number of halogens is 4. The first-order valence-electron chi connectivity index (χ1n) is 3.82. The average molecular weight is 226 g/mol. The third-order valence-electron chi connectivity index (χ3n) is 1.83. The summed E-state index contributed by atoms with van der Waals surface area (Å²) < 4.78 is 36.8. The number of nitrogens with two attached hydrogens (primary N) is 1. The normalized spacial score (nSPS) is 10.9. The Hall–Kier alpha value is -0.740. The van der Waals surface area contributed by atoms with Gasteiger partial charge in [0.05, 0.1) is 5.56 Å². The highest BCUT2D eigenvalue weighted by molar-refractivity contribution is 5.85. The maximum Gasteiger partial charge on any atom is 0.416 e. The fraction of sp³-hybridized carbons (Fsp3) is 0.333. The lowest BCUT2D eigenvalue weighted by Gasteiger charge is -2.10. The molecule has 0 aliphatic rings. The molecule has 0 aromatic heterocycles. The van der Waals surface area contributed by atoms with Crippen molar-refractivity contribution in [2.24, 2.45) is 5.73 Å². The molecule has 80 valence electrons. The third kappa shape index (κ3) is 2.89. The molecule has 0 aliphatic heterocycles. The van der Waals surface area contributed by atoms with Gasteiger partial charge in [0.25, 0.3) is 0 Å². The predicted molar refractivity (Wildman–Crippen MR) is 51.3 cm³/mol. The Morgan fingerprint density at radius 2 is 1.86 bits per heavy atom. The van der Waals surface area contributed by atoms with Crippen molar-refractivity contribution in [1.82, 2.24) is 0 Å². The molecule has 0 saturated heterocycles. The minimum absolute atomic E-state index is 0. The van der Waals surface area contributed by atoms with Gasteiger partial charge in [-0.15, -0.1) is 12.4 Å². The van der Waals surface area contributed by atoms with Crippen molar-refractivity contribution in [3.8, 4) is 0 Å². The Morgan fingerprint density at radius 1 is 1.29 bits per heavy atom. The lowest BCUT2D eigenvalue weighted by molar-refractivity contribution is -0.138. The molecular weight excluding hydrogens is 215 g/mol. The van der Waals surface area contributed by atoms with Gasteiger partial charge in [-0.2, -0.15) is 13.2 Å². The molecule has 5 heteroatoms. The molecule has 0 spiro atoms. The zero-order valence-electron chi connectivity index (χ0n) is 7.56. The molecule has 14 heavy (non-hydrogen) atoms. The Labute approximate surface area is 86.5 Å². The zero-order valence-corrected chi connectivity index (χ0v) is 8.38. The first-order chi connectivity index (χ1) is 5.95. The number of alkyl halides is 3. The first kappa shape index (κ1) is 13.3. The standard InChI is InChI=1S/C9H10F3N.ClH/c1-6-4-7(5-13)2-3-8(6)9(10,11)12;/h2-4H,5,13H2,1H3;1H. The van der Waals surface area contributed by atoms with Gasteiger partial charge in [-0.3, -0.25) is 0 Å². The van der Waals surface area contributed by atoms with Crippen LogP contribution in [-0.2, 0) is 12.7 Å². The fourth-order valence-corrected chi connectivity index (χ4v) is 1.17.